The summed E-state index contributed by atoms with van der Waals surface area (Å²) >= 11 is 0. The quantitative estimate of drug-likeness (QED) is 0.879. The van der Waals surface area contributed by atoms with Gasteiger partial charge < -0.3 is 9.88 Å². The highest BCUT2D eigenvalue weighted by molar-refractivity contribution is 5.82. The number of nitrogens with zero attached hydrogens (tertiary/aromatic N) is 4. The van der Waals surface area contributed by atoms with Crippen LogP contribution in [0, 0.1) is 6.92 Å². The number of H-pyrrole nitrogens is 1. The number of hydrogen-bond acceptors (Lipinski definition) is 4. The largest absolute Gasteiger partial charge is 0.348 e. The molecule has 0 aromatic carbocycles. The van der Waals surface area contributed by atoms with E-state index in [1.54, 1.807) is 11.0 Å². The van der Waals surface area contributed by atoms with Gasteiger partial charge in [0.05, 0.1) is 29.3 Å². The first-order chi connectivity index (χ1) is 12.5. The molecule has 1 aliphatic heterocycles. The maximum absolute atomic E-state index is 13.2. The van der Waals surface area contributed by atoms with Gasteiger partial charge in [-0.2, -0.15) is 5.10 Å². The van der Waals surface area contributed by atoms with Crippen LogP contribution in [0.5, 0.6) is 0 Å². The SMILES string of the molecule is Cc1nn(C)cc1CN(C)C(=O)[C@@H]1Cc2[nH]cnc2C2(CCCCC2)N1. The number of amides is 1. The van der Waals surface area contributed by atoms with Crippen molar-refractivity contribution in [1.29, 1.82) is 0 Å². The minimum absolute atomic E-state index is 0.137. The Morgan fingerprint density at radius 1 is 1.38 bits per heavy atom. The number of fused-ring (bicyclic) bond motifs is 2. The monoisotopic (exact) mass is 356 g/mol. The van der Waals surface area contributed by atoms with Crippen molar-refractivity contribution in [2.45, 2.75) is 63.6 Å². The first-order valence-corrected chi connectivity index (χ1v) is 9.53. The second-order valence-corrected chi connectivity index (χ2v) is 7.88. The Bertz CT molecular complexity index is 801. The lowest BCUT2D eigenvalue weighted by Crippen LogP contribution is -2.58. The Morgan fingerprint density at radius 2 is 2.15 bits per heavy atom. The molecular weight excluding hydrogens is 328 g/mol. The minimum Gasteiger partial charge on any atom is -0.348 e. The van der Waals surface area contributed by atoms with Crippen molar-refractivity contribution in [3.63, 3.8) is 0 Å². The van der Waals surface area contributed by atoms with E-state index in [1.165, 1.54) is 19.3 Å². The highest BCUT2D eigenvalue weighted by Crippen LogP contribution is 2.40. The third-order valence-corrected chi connectivity index (χ3v) is 5.93. The lowest BCUT2D eigenvalue weighted by atomic mass is 9.75. The summed E-state index contributed by atoms with van der Waals surface area (Å²) in [6, 6.07) is -0.206. The molecule has 7 heteroatoms. The Kier molecular flexibility index (Phi) is 4.34. The van der Waals surface area contributed by atoms with Crippen LogP contribution in [0.4, 0.5) is 0 Å². The molecule has 1 spiro atoms. The number of aromatic nitrogens is 4. The number of carbonyl (C=O) groups excluding carboxylic acids is 1. The molecule has 1 saturated carbocycles. The fraction of sp³-hybridized carbons (Fsp3) is 0.632. The molecule has 1 atom stereocenters. The third-order valence-electron chi connectivity index (χ3n) is 5.93. The summed E-state index contributed by atoms with van der Waals surface area (Å²) in [5.74, 6) is 0.137. The second-order valence-electron chi connectivity index (χ2n) is 7.88. The molecule has 1 aliphatic carbocycles. The van der Waals surface area contributed by atoms with E-state index in [0.29, 0.717) is 13.0 Å². The zero-order chi connectivity index (χ0) is 18.3. The molecule has 3 heterocycles. The topological polar surface area (TPSA) is 78.8 Å². The highest BCUT2D eigenvalue weighted by atomic mass is 16.2. The lowest BCUT2D eigenvalue weighted by Gasteiger charge is -2.44. The van der Waals surface area contributed by atoms with Gasteiger partial charge >= 0.3 is 0 Å². The van der Waals surface area contributed by atoms with Crippen LogP contribution < -0.4 is 5.32 Å². The molecule has 1 fully saturated rings. The second kappa shape index (κ2) is 6.54. The van der Waals surface area contributed by atoms with Crippen LogP contribution in [0.3, 0.4) is 0 Å². The van der Waals surface area contributed by atoms with Crippen molar-refractivity contribution < 1.29 is 4.79 Å². The predicted molar refractivity (Wildman–Crippen MR) is 98.4 cm³/mol. The number of aryl methyl sites for hydroxylation is 2. The minimum atomic E-state index is -0.206. The van der Waals surface area contributed by atoms with Crippen LogP contribution in [-0.4, -0.2) is 43.6 Å². The molecule has 2 aromatic rings. The van der Waals surface area contributed by atoms with Crippen molar-refractivity contribution in [2.75, 3.05) is 7.05 Å². The summed E-state index contributed by atoms with van der Waals surface area (Å²) in [6.45, 7) is 2.57. The molecule has 0 radical (unpaired) electrons. The van der Waals surface area contributed by atoms with Gasteiger partial charge in [-0.15, -0.1) is 0 Å². The normalized spacial score (nSPS) is 21.6. The van der Waals surface area contributed by atoms with Gasteiger partial charge in [0.25, 0.3) is 0 Å². The molecule has 26 heavy (non-hydrogen) atoms. The van der Waals surface area contributed by atoms with Crippen molar-refractivity contribution in [2.24, 2.45) is 7.05 Å². The van der Waals surface area contributed by atoms with Gasteiger partial charge in [-0.25, -0.2) is 4.98 Å². The molecule has 1 amide bonds. The number of imidazole rings is 1. The van der Waals surface area contributed by atoms with E-state index < -0.39 is 0 Å². The fourth-order valence-corrected chi connectivity index (χ4v) is 4.63. The van der Waals surface area contributed by atoms with E-state index >= 15 is 0 Å². The molecule has 4 rings (SSSR count). The van der Waals surface area contributed by atoms with E-state index in [9.17, 15) is 4.79 Å². The zero-order valence-corrected chi connectivity index (χ0v) is 15.9. The average Bonchev–Trinajstić information content (AvgIpc) is 3.22. The van der Waals surface area contributed by atoms with Crippen molar-refractivity contribution in [1.82, 2.24) is 30.0 Å². The Labute approximate surface area is 154 Å². The molecule has 140 valence electrons. The van der Waals surface area contributed by atoms with Crippen LogP contribution >= 0.6 is 0 Å². The van der Waals surface area contributed by atoms with Crippen LogP contribution in [0.25, 0.3) is 0 Å². The summed E-state index contributed by atoms with van der Waals surface area (Å²) in [6.07, 6.45) is 10.2. The van der Waals surface area contributed by atoms with Crippen molar-refractivity contribution in [3.8, 4) is 0 Å². The molecular formula is C19H28N6O. The van der Waals surface area contributed by atoms with Crippen molar-refractivity contribution >= 4 is 5.91 Å². The molecule has 7 nitrogen and oxygen atoms in total. The zero-order valence-electron chi connectivity index (χ0n) is 15.9. The predicted octanol–water partition coefficient (Wildman–Crippen LogP) is 1.78. The Hall–Kier alpha value is -2.15. The third kappa shape index (κ3) is 2.94. The number of likely N-dealkylation sites (N-methyl/N-ethyl adjacent to an activating group) is 1. The first-order valence-electron chi connectivity index (χ1n) is 9.53. The standard InChI is InChI=1S/C19H28N6O/c1-13-14(11-25(3)23-13)10-24(2)18(26)16-9-15-17(21-12-20-15)19(22-16)7-5-4-6-8-19/h11-12,16,22H,4-10H2,1-3H3,(H,20,21)/t16-/m0/s1. The molecule has 0 unspecified atom stereocenters. The molecule has 2 aromatic heterocycles. The molecule has 0 bridgehead atoms. The number of carbonyl (C=O) groups is 1. The molecule has 0 saturated heterocycles. The average molecular weight is 356 g/mol. The molecule has 2 aliphatic rings. The van der Waals surface area contributed by atoms with E-state index in [0.717, 1.165) is 35.5 Å². The highest BCUT2D eigenvalue weighted by Gasteiger charge is 2.44. The number of aromatic amines is 1. The number of hydrogen-bond donors (Lipinski definition) is 2. The van der Waals surface area contributed by atoms with E-state index in [-0.39, 0.29) is 17.5 Å². The van der Waals surface area contributed by atoms with Gasteiger partial charge in [0.1, 0.15) is 0 Å². The Balaban J connectivity index is 1.54. The van der Waals surface area contributed by atoms with Gasteiger partial charge in [0.15, 0.2) is 0 Å². The van der Waals surface area contributed by atoms with E-state index in [4.69, 9.17) is 0 Å². The van der Waals surface area contributed by atoms with Crippen LogP contribution in [0.1, 0.15) is 54.7 Å². The maximum Gasteiger partial charge on any atom is 0.240 e. The summed E-state index contributed by atoms with van der Waals surface area (Å²) in [4.78, 5) is 22.9. The number of nitrogens with one attached hydrogen (secondary N) is 2. The maximum atomic E-state index is 13.2. The van der Waals surface area contributed by atoms with Gasteiger partial charge in [-0.05, 0) is 19.8 Å². The summed E-state index contributed by atoms with van der Waals surface area (Å²) < 4.78 is 1.80. The number of rotatable bonds is 3. The van der Waals surface area contributed by atoms with Gasteiger partial charge in [-0.3, -0.25) is 14.8 Å². The van der Waals surface area contributed by atoms with Gasteiger partial charge in [-0.1, -0.05) is 19.3 Å². The summed E-state index contributed by atoms with van der Waals surface area (Å²) in [5.41, 5.74) is 4.18. The van der Waals surface area contributed by atoms with Crippen LogP contribution in [0.15, 0.2) is 12.5 Å². The fourth-order valence-electron chi connectivity index (χ4n) is 4.63. The lowest BCUT2D eigenvalue weighted by molar-refractivity contribution is -0.133. The summed E-state index contributed by atoms with van der Waals surface area (Å²) in [5, 5.41) is 8.08. The first kappa shape index (κ1) is 17.3. The van der Waals surface area contributed by atoms with Gasteiger partial charge in [0.2, 0.25) is 5.91 Å². The summed E-state index contributed by atoms with van der Waals surface area (Å²) in [7, 11) is 3.79. The van der Waals surface area contributed by atoms with Crippen molar-refractivity contribution in [3.05, 3.63) is 35.2 Å². The Morgan fingerprint density at radius 3 is 2.85 bits per heavy atom. The van der Waals surface area contributed by atoms with Gasteiger partial charge in [0, 0.05) is 44.5 Å². The smallest absolute Gasteiger partial charge is 0.240 e. The van der Waals surface area contributed by atoms with E-state index in [2.05, 4.69) is 20.4 Å². The van der Waals surface area contributed by atoms with E-state index in [1.807, 2.05) is 32.1 Å². The molecule has 2 N–H and O–H groups in total. The van der Waals surface area contributed by atoms with Crippen LogP contribution in [-0.2, 0) is 30.3 Å². The van der Waals surface area contributed by atoms with Crippen LogP contribution in [0.2, 0.25) is 0 Å².